The monoisotopic (exact) mass is 211 g/mol. The van der Waals surface area contributed by atoms with Gasteiger partial charge in [-0.25, -0.2) is 0 Å². The highest BCUT2D eigenvalue weighted by molar-refractivity contribution is 5.07. The lowest BCUT2D eigenvalue weighted by Crippen LogP contribution is -2.57. The van der Waals surface area contributed by atoms with E-state index in [2.05, 4.69) is 53.0 Å². The van der Waals surface area contributed by atoms with E-state index in [4.69, 9.17) is 4.74 Å². The smallest absolute Gasteiger partial charge is 0.0859 e. The zero-order valence-electron chi connectivity index (χ0n) is 11.1. The van der Waals surface area contributed by atoms with Gasteiger partial charge in [0.2, 0.25) is 0 Å². The predicted molar refractivity (Wildman–Crippen MR) is 64.8 cm³/mol. The van der Waals surface area contributed by atoms with Gasteiger partial charge in [-0.15, -0.1) is 0 Å². The molecule has 2 heteroatoms. The van der Waals surface area contributed by atoms with E-state index >= 15 is 0 Å². The summed E-state index contributed by atoms with van der Waals surface area (Å²) in [5.74, 6) is 0. The Hall–Kier alpha value is -0.500. The van der Waals surface area contributed by atoms with E-state index in [1.807, 2.05) is 0 Å². The maximum Gasteiger partial charge on any atom is 0.0859 e. The molecule has 1 saturated heterocycles. The van der Waals surface area contributed by atoms with Crippen LogP contribution in [0, 0.1) is 5.41 Å². The highest BCUT2D eigenvalue weighted by Gasteiger charge is 2.39. The van der Waals surface area contributed by atoms with Gasteiger partial charge in [0.15, 0.2) is 0 Å². The van der Waals surface area contributed by atoms with Crippen molar-refractivity contribution >= 4 is 0 Å². The Morgan fingerprint density at radius 2 is 1.73 bits per heavy atom. The van der Waals surface area contributed by atoms with Crippen LogP contribution in [-0.4, -0.2) is 29.7 Å². The van der Waals surface area contributed by atoms with Crippen molar-refractivity contribution in [2.75, 3.05) is 13.2 Å². The summed E-state index contributed by atoms with van der Waals surface area (Å²) in [7, 11) is 0. The van der Waals surface area contributed by atoms with Crippen LogP contribution in [0.3, 0.4) is 0 Å². The van der Waals surface area contributed by atoms with E-state index in [9.17, 15) is 0 Å². The average Bonchev–Trinajstić information content (AvgIpc) is 1.99. The predicted octanol–water partition coefficient (Wildman–Crippen LogP) is 3.05. The van der Waals surface area contributed by atoms with Gasteiger partial charge in [-0.1, -0.05) is 27.4 Å². The summed E-state index contributed by atoms with van der Waals surface area (Å²) in [4.78, 5) is 2.43. The molecule has 0 aromatic rings. The molecule has 1 rings (SSSR count). The molecule has 2 nitrogen and oxygen atoms in total. The molecule has 1 fully saturated rings. The first-order valence-electron chi connectivity index (χ1n) is 5.69. The molecule has 0 radical (unpaired) electrons. The van der Waals surface area contributed by atoms with Crippen molar-refractivity contribution in [3.8, 4) is 0 Å². The van der Waals surface area contributed by atoms with Crippen molar-refractivity contribution in [1.82, 2.24) is 4.90 Å². The van der Waals surface area contributed by atoms with Crippen molar-refractivity contribution in [2.45, 2.75) is 53.1 Å². The SMILES string of the molecule is C=C1COCC(C(C)(C)C)N1C(C)(C)C. The Morgan fingerprint density at radius 1 is 1.20 bits per heavy atom. The van der Waals surface area contributed by atoms with Gasteiger partial charge in [-0.2, -0.15) is 0 Å². The second-order valence-electron chi connectivity index (χ2n) is 6.50. The molecule has 0 amide bonds. The highest BCUT2D eigenvalue weighted by Crippen LogP contribution is 2.35. The standard InChI is InChI=1S/C13H25NO/c1-10-8-15-9-11(12(2,3)4)14(10)13(5,6)7/h11H,1,8-9H2,2-7H3. The van der Waals surface area contributed by atoms with E-state index in [0.717, 1.165) is 12.3 Å². The van der Waals surface area contributed by atoms with Gasteiger partial charge in [0.25, 0.3) is 0 Å². The van der Waals surface area contributed by atoms with Crippen LogP contribution in [0.1, 0.15) is 41.5 Å². The summed E-state index contributed by atoms with van der Waals surface area (Å²) in [6, 6.07) is 0.416. The normalized spacial score (nSPS) is 24.5. The van der Waals surface area contributed by atoms with Gasteiger partial charge in [-0.3, -0.25) is 0 Å². The fraction of sp³-hybridized carbons (Fsp3) is 0.846. The summed E-state index contributed by atoms with van der Waals surface area (Å²) >= 11 is 0. The first-order chi connectivity index (χ1) is 6.64. The minimum atomic E-state index is 0.124. The molecule has 1 aliphatic heterocycles. The fourth-order valence-corrected chi connectivity index (χ4v) is 2.23. The Kier molecular flexibility index (Phi) is 3.20. The number of nitrogens with zero attached hydrogens (tertiary/aromatic N) is 1. The van der Waals surface area contributed by atoms with Crippen molar-refractivity contribution in [2.24, 2.45) is 5.41 Å². The molecule has 1 heterocycles. The molecule has 15 heavy (non-hydrogen) atoms. The molecule has 88 valence electrons. The maximum absolute atomic E-state index is 5.61. The third-order valence-electron chi connectivity index (χ3n) is 2.92. The molecule has 0 bridgehead atoms. The summed E-state index contributed by atoms with van der Waals surface area (Å²) in [5, 5.41) is 0. The Morgan fingerprint density at radius 3 is 2.07 bits per heavy atom. The molecule has 0 aromatic heterocycles. The van der Waals surface area contributed by atoms with E-state index < -0.39 is 0 Å². The Labute approximate surface area is 94.3 Å². The van der Waals surface area contributed by atoms with Crippen LogP contribution in [-0.2, 0) is 4.74 Å². The zero-order chi connectivity index (χ0) is 11.9. The molecule has 1 aliphatic rings. The van der Waals surface area contributed by atoms with Gasteiger partial charge in [0.05, 0.1) is 19.3 Å². The average molecular weight is 211 g/mol. The van der Waals surface area contributed by atoms with E-state index in [-0.39, 0.29) is 11.0 Å². The van der Waals surface area contributed by atoms with Crippen molar-refractivity contribution < 1.29 is 4.74 Å². The van der Waals surface area contributed by atoms with Crippen LogP contribution in [0.4, 0.5) is 0 Å². The molecular formula is C13H25NO. The van der Waals surface area contributed by atoms with Gasteiger partial charge < -0.3 is 9.64 Å². The zero-order valence-corrected chi connectivity index (χ0v) is 11.1. The minimum Gasteiger partial charge on any atom is -0.373 e. The van der Waals surface area contributed by atoms with E-state index in [0.29, 0.717) is 12.6 Å². The quantitative estimate of drug-likeness (QED) is 0.610. The Balaban J connectivity index is 2.98. The van der Waals surface area contributed by atoms with Crippen LogP contribution in [0.15, 0.2) is 12.3 Å². The van der Waals surface area contributed by atoms with Gasteiger partial charge in [0, 0.05) is 11.2 Å². The Bertz CT molecular complexity index is 244. The van der Waals surface area contributed by atoms with Crippen LogP contribution >= 0.6 is 0 Å². The molecule has 0 spiro atoms. The second-order valence-corrected chi connectivity index (χ2v) is 6.50. The van der Waals surface area contributed by atoms with Crippen LogP contribution in [0.2, 0.25) is 0 Å². The van der Waals surface area contributed by atoms with Crippen molar-refractivity contribution in [1.29, 1.82) is 0 Å². The van der Waals surface area contributed by atoms with Crippen molar-refractivity contribution in [3.63, 3.8) is 0 Å². The molecule has 1 unspecified atom stereocenters. The lowest BCUT2D eigenvalue weighted by molar-refractivity contribution is -0.0537. The van der Waals surface area contributed by atoms with Crippen LogP contribution in [0.5, 0.6) is 0 Å². The molecule has 0 saturated carbocycles. The third kappa shape index (κ3) is 2.75. The lowest BCUT2D eigenvalue weighted by Gasteiger charge is -2.52. The number of morpholine rings is 1. The fourth-order valence-electron chi connectivity index (χ4n) is 2.23. The number of hydrogen-bond donors (Lipinski definition) is 0. The van der Waals surface area contributed by atoms with E-state index in [1.54, 1.807) is 0 Å². The molecular weight excluding hydrogens is 186 g/mol. The van der Waals surface area contributed by atoms with Crippen molar-refractivity contribution in [3.05, 3.63) is 12.3 Å². The first kappa shape index (κ1) is 12.6. The van der Waals surface area contributed by atoms with Gasteiger partial charge in [-0.05, 0) is 26.2 Å². The molecule has 0 N–H and O–H groups in total. The van der Waals surface area contributed by atoms with Crippen LogP contribution in [0.25, 0.3) is 0 Å². The maximum atomic E-state index is 5.61. The first-order valence-corrected chi connectivity index (χ1v) is 5.69. The minimum absolute atomic E-state index is 0.124. The summed E-state index contributed by atoms with van der Waals surface area (Å²) < 4.78 is 5.61. The highest BCUT2D eigenvalue weighted by atomic mass is 16.5. The number of hydrogen-bond acceptors (Lipinski definition) is 2. The summed E-state index contributed by atoms with van der Waals surface area (Å²) in [6.45, 7) is 19.1. The third-order valence-corrected chi connectivity index (χ3v) is 2.92. The lowest BCUT2D eigenvalue weighted by atomic mass is 9.82. The van der Waals surface area contributed by atoms with Gasteiger partial charge >= 0.3 is 0 Å². The summed E-state index contributed by atoms with van der Waals surface area (Å²) in [5.41, 5.74) is 1.45. The van der Waals surface area contributed by atoms with E-state index in [1.165, 1.54) is 0 Å². The second kappa shape index (κ2) is 3.82. The van der Waals surface area contributed by atoms with Gasteiger partial charge in [0.1, 0.15) is 0 Å². The molecule has 0 aromatic carbocycles. The molecule has 0 aliphatic carbocycles. The summed E-state index contributed by atoms with van der Waals surface area (Å²) in [6.07, 6.45) is 0. The van der Waals surface area contributed by atoms with Crippen LogP contribution < -0.4 is 0 Å². The molecule has 1 atom stereocenters. The largest absolute Gasteiger partial charge is 0.373 e. The topological polar surface area (TPSA) is 12.5 Å². The number of ether oxygens (including phenoxy) is 1. The number of rotatable bonds is 0.